The van der Waals surface area contributed by atoms with Crippen molar-refractivity contribution in [2.24, 2.45) is 17.6 Å². The topological polar surface area (TPSA) is 87.9 Å². The van der Waals surface area contributed by atoms with Gasteiger partial charge in [0.25, 0.3) is 0 Å². The summed E-state index contributed by atoms with van der Waals surface area (Å²) in [5.74, 6) is -0.0999. The first-order chi connectivity index (χ1) is 14.3. The van der Waals surface area contributed by atoms with Crippen LogP contribution in [-0.2, 0) is 23.2 Å². The first-order valence-electron chi connectivity index (χ1n) is 12.1. The molecule has 2 aliphatic rings. The van der Waals surface area contributed by atoms with Crippen LogP contribution >= 0.6 is 0 Å². The molecule has 2 rings (SSSR count). The minimum absolute atomic E-state index is 0.0532. The molecule has 0 aliphatic heterocycles. The van der Waals surface area contributed by atoms with Crippen LogP contribution in [0.25, 0.3) is 0 Å². The lowest BCUT2D eigenvalue weighted by atomic mass is 9.82. The molecule has 8 heteroatoms. The number of nitrogens with two attached hydrogens (primary N) is 1. The Hall–Kier alpha value is -0.706. The van der Waals surface area contributed by atoms with Crippen molar-refractivity contribution in [2.45, 2.75) is 123 Å². The van der Waals surface area contributed by atoms with Crippen molar-refractivity contribution in [1.29, 1.82) is 0 Å². The lowest BCUT2D eigenvalue weighted by molar-refractivity contribution is -0.154. The zero-order valence-corrected chi connectivity index (χ0v) is 24.5. The van der Waals surface area contributed by atoms with E-state index < -0.39 is 16.6 Å². The Bertz CT molecular complexity index is 640. The maximum atomic E-state index is 11.5. The third kappa shape index (κ3) is 7.96. The minimum atomic E-state index is -1.67. The summed E-state index contributed by atoms with van der Waals surface area (Å²) >= 11 is 0. The van der Waals surface area contributed by atoms with Crippen molar-refractivity contribution in [3.63, 3.8) is 0 Å². The van der Waals surface area contributed by atoms with Crippen LogP contribution in [-0.4, -0.2) is 47.3 Å². The molecule has 6 nitrogen and oxygen atoms in total. The molecule has 0 atom stereocenters. The molecule has 0 spiro atoms. The van der Waals surface area contributed by atoms with Gasteiger partial charge in [-0.05, 0) is 68.9 Å². The summed E-state index contributed by atoms with van der Waals surface area (Å²) < 4.78 is 17.4. The highest BCUT2D eigenvalue weighted by atomic mass is 28.4. The number of ether oxygens (including phenoxy) is 1. The van der Waals surface area contributed by atoms with Gasteiger partial charge in [0.05, 0.1) is 12.5 Å². The zero-order valence-electron chi connectivity index (χ0n) is 22.5. The zero-order chi connectivity index (χ0) is 25.1. The number of hydrogen-bond donors (Lipinski definition) is 1. The molecule has 2 fully saturated rings. The molecule has 2 N–H and O–H groups in total. The Morgan fingerprint density at radius 1 is 0.781 bits per heavy atom. The molecule has 1 amide bonds. The summed E-state index contributed by atoms with van der Waals surface area (Å²) in [6.45, 7) is 24.7. The van der Waals surface area contributed by atoms with Crippen LogP contribution in [0.4, 0.5) is 0 Å². The molecule has 32 heavy (non-hydrogen) atoms. The predicted molar refractivity (Wildman–Crippen MR) is 135 cm³/mol. The Morgan fingerprint density at radius 3 is 1.41 bits per heavy atom. The summed E-state index contributed by atoms with van der Waals surface area (Å²) in [6, 6.07) is 0. The van der Waals surface area contributed by atoms with E-state index >= 15 is 0 Å². The van der Waals surface area contributed by atoms with Gasteiger partial charge < -0.3 is 19.3 Å². The van der Waals surface area contributed by atoms with E-state index in [4.69, 9.17) is 19.3 Å². The Labute approximate surface area is 198 Å². The SMILES string of the molecule is CC(C)(C)[Si](C)(C)OC1CC(C(N)=O)C1.CCOC(=O)C1CC(O[Si](C)(C)C(C)(C)C)C1. The highest BCUT2D eigenvalue weighted by Gasteiger charge is 2.45. The van der Waals surface area contributed by atoms with E-state index in [0.717, 1.165) is 25.7 Å². The van der Waals surface area contributed by atoms with Gasteiger partial charge >= 0.3 is 5.97 Å². The van der Waals surface area contributed by atoms with Crippen LogP contribution in [0.3, 0.4) is 0 Å². The van der Waals surface area contributed by atoms with Gasteiger partial charge in [-0.25, -0.2) is 0 Å². The van der Waals surface area contributed by atoms with E-state index in [-0.39, 0.29) is 46.0 Å². The van der Waals surface area contributed by atoms with Crippen molar-refractivity contribution in [2.75, 3.05) is 6.61 Å². The molecule has 0 aromatic carbocycles. The van der Waals surface area contributed by atoms with Gasteiger partial charge in [0.15, 0.2) is 16.6 Å². The summed E-state index contributed by atoms with van der Waals surface area (Å²) in [4.78, 5) is 22.3. The molecule has 2 aliphatic carbocycles. The average molecular weight is 488 g/mol. The summed E-state index contributed by atoms with van der Waals surface area (Å²) in [6.07, 6.45) is 3.86. The summed E-state index contributed by atoms with van der Waals surface area (Å²) in [7, 11) is -3.33. The van der Waals surface area contributed by atoms with Gasteiger partial charge in [0.1, 0.15) is 0 Å². The lowest BCUT2D eigenvalue weighted by Gasteiger charge is -2.44. The third-order valence-corrected chi connectivity index (χ3v) is 16.8. The van der Waals surface area contributed by atoms with Crippen molar-refractivity contribution in [3.8, 4) is 0 Å². The Morgan fingerprint density at radius 2 is 1.12 bits per heavy atom. The molecule has 0 aromatic rings. The molecule has 0 bridgehead atoms. The molecule has 188 valence electrons. The fourth-order valence-corrected chi connectivity index (χ4v) is 5.95. The van der Waals surface area contributed by atoms with Gasteiger partial charge in [-0.15, -0.1) is 0 Å². The smallest absolute Gasteiger partial charge is 0.309 e. The predicted octanol–water partition coefficient (Wildman–Crippen LogP) is 5.62. The number of esters is 1. The number of carbonyl (C=O) groups excluding carboxylic acids is 2. The molecular weight excluding hydrogens is 438 g/mol. The highest BCUT2D eigenvalue weighted by Crippen LogP contribution is 2.42. The molecule has 0 unspecified atom stereocenters. The summed E-state index contributed by atoms with van der Waals surface area (Å²) in [5, 5.41) is 0.479. The first kappa shape index (κ1) is 29.3. The van der Waals surface area contributed by atoms with Gasteiger partial charge in [-0.1, -0.05) is 41.5 Å². The fourth-order valence-electron chi connectivity index (χ4n) is 3.20. The number of carbonyl (C=O) groups is 2. The molecule has 0 aromatic heterocycles. The maximum Gasteiger partial charge on any atom is 0.309 e. The number of hydrogen-bond acceptors (Lipinski definition) is 5. The molecule has 0 radical (unpaired) electrons. The number of rotatable bonds is 7. The quantitative estimate of drug-likeness (QED) is 0.372. The highest BCUT2D eigenvalue weighted by molar-refractivity contribution is 6.74. The molecule has 0 heterocycles. The van der Waals surface area contributed by atoms with Crippen LogP contribution in [0.15, 0.2) is 0 Å². The number of amides is 1. The van der Waals surface area contributed by atoms with Crippen LogP contribution in [0.5, 0.6) is 0 Å². The van der Waals surface area contributed by atoms with Crippen molar-refractivity contribution < 1.29 is 23.2 Å². The van der Waals surface area contributed by atoms with Gasteiger partial charge in [0.2, 0.25) is 5.91 Å². The van der Waals surface area contributed by atoms with Crippen molar-refractivity contribution in [3.05, 3.63) is 0 Å². The van der Waals surface area contributed by atoms with Crippen LogP contribution in [0.2, 0.25) is 36.3 Å². The third-order valence-electron chi connectivity index (χ3n) is 7.75. The normalized spacial score (nSPS) is 26.2. The maximum absolute atomic E-state index is 11.5. The van der Waals surface area contributed by atoms with Gasteiger partial charge in [0, 0.05) is 18.1 Å². The van der Waals surface area contributed by atoms with E-state index in [9.17, 15) is 9.59 Å². The number of primary amides is 1. The van der Waals surface area contributed by atoms with E-state index in [1.807, 2.05) is 6.92 Å². The van der Waals surface area contributed by atoms with E-state index in [0.29, 0.717) is 6.61 Å². The van der Waals surface area contributed by atoms with Crippen LogP contribution in [0, 0.1) is 11.8 Å². The first-order valence-corrected chi connectivity index (χ1v) is 17.9. The second-order valence-electron chi connectivity index (χ2n) is 12.5. The molecular formula is C24H49NO5Si2. The second kappa shape index (κ2) is 10.7. The van der Waals surface area contributed by atoms with Crippen LogP contribution in [0.1, 0.15) is 74.1 Å². The minimum Gasteiger partial charge on any atom is -0.466 e. The Kier molecular flexibility index (Phi) is 9.80. The van der Waals surface area contributed by atoms with Crippen LogP contribution < -0.4 is 5.73 Å². The lowest BCUT2D eigenvalue weighted by Crippen LogP contribution is -2.49. The largest absolute Gasteiger partial charge is 0.466 e. The van der Waals surface area contributed by atoms with Gasteiger partial charge in [-0.2, -0.15) is 0 Å². The summed E-state index contributed by atoms with van der Waals surface area (Å²) in [5.41, 5.74) is 5.23. The molecule has 0 saturated heterocycles. The monoisotopic (exact) mass is 487 g/mol. The molecule has 2 saturated carbocycles. The average Bonchev–Trinajstić information content (AvgIpc) is 2.51. The van der Waals surface area contributed by atoms with Crippen molar-refractivity contribution in [1.82, 2.24) is 0 Å². The van der Waals surface area contributed by atoms with E-state index in [2.05, 4.69) is 67.7 Å². The standard InChI is InChI=1S/C13H26O3Si.C11H23NO2Si/c1-7-15-12(14)10-8-11(9-10)16-17(5,6)13(2,3)4;1-11(2,3)15(4,5)14-9-6-8(7-9)10(12)13/h10-11H,7-9H2,1-6H3;8-9H,6-7H2,1-5H3,(H2,12,13). The van der Waals surface area contributed by atoms with Crippen molar-refractivity contribution >= 4 is 28.5 Å². The van der Waals surface area contributed by atoms with Gasteiger partial charge in [-0.3, -0.25) is 9.59 Å². The fraction of sp³-hybridized carbons (Fsp3) is 0.917. The van der Waals surface area contributed by atoms with E-state index in [1.54, 1.807) is 0 Å². The Balaban J connectivity index is 0.000000323. The van der Waals surface area contributed by atoms with E-state index in [1.165, 1.54) is 0 Å². The second-order valence-corrected chi connectivity index (χ2v) is 22.0.